The lowest BCUT2D eigenvalue weighted by molar-refractivity contribution is 0.0685. The highest BCUT2D eigenvalue weighted by atomic mass is 19.1. The Bertz CT molecular complexity index is 883. The van der Waals surface area contributed by atoms with E-state index in [1.807, 2.05) is 13.0 Å². The third-order valence-corrected chi connectivity index (χ3v) is 4.36. The van der Waals surface area contributed by atoms with E-state index in [0.717, 1.165) is 5.57 Å². The smallest absolute Gasteiger partial charge is 0.272 e. The summed E-state index contributed by atoms with van der Waals surface area (Å²) in [7, 11) is 0. The Morgan fingerprint density at radius 2 is 2.11 bits per heavy atom. The molecule has 1 unspecified atom stereocenters. The van der Waals surface area contributed by atoms with E-state index in [-0.39, 0.29) is 24.4 Å². The molecule has 1 atom stereocenters. The number of carbonyl (C=O) groups is 1. The number of aromatic nitrogens is 2. The molecule has 0 aliphatic carbocycles. The second-order valence-corrected chi connectivity index (χ2v) is 6.42. The molecule has 0 radical (unpaired) electrons. The molecule has 2 heterocycles. The van der Waals surface area contributed by atoms with Gasteiger partial charge in [-0.3, -0.25) is 9.48 Å². The summed E-state index contributed by atoms with van der Waals surface area (Å²) >= 11 is 0. The minimum atomic E-state index is -0.316. The van der Waals surface area contributed by atoms with Gasteiger partial charge in [0.05, 0.1) is 6.04 Å². The number of amides is 1. The Kier molecular flexibility index (Phi) is 5.54. The highest BCUT2D eigenvalue weighted by Gasteiger charge is 2.30. The van der Waals surface area contributed by atoms with Gasteiger partial charge in [0.15, 0.2) is 0 Å². The van der Waals surface area contributed by atoms with E-state index < -0.39 is 0 Å². The van der Waals surface area contributed by atoms with Crippen LogP contribution in [0.15, 0.2) is 67.3 Å². The largest absolute Gasteiger partial charge is 0.487 e. The number of allylic oxidation sites excluding steroid dienone is 2. The third kappa shape index (κ3) is 4.16. The van der Waals surface area contributed by atoms with Gasteiger partial charge >= 0.3 is 0 Å². The predicted octanol–water partition coefficient (Wildman–Crippen LogP) is 3.92. The number of nitrogens with zero attached hydrogens (tertiary/aromatic N) is 3. The van der Waals surface area contributed by atoms with Crippen LogP contribution in [0.25, 0.3) is 0 Å². The zero-order chi connectivity index (χ0) is 19.4. The first-order valence-corrected chi connectivity index (χ1v) is 8.72. The van der Waals surface area contributed by atoms with Gasteiger partial charge in [-0.2, -0.15) is 5.10 Å². The molecule has 0 saturated carbocycles. The van der Waals surface area contributed by atoms with Crippen molar-refractivity contribution in [1.82, 2.24) is 14.7 Å². The number of rotatable bonds is 7. The molecule has 27 heavy (non-hydrogen) atoms. The van der Waals surface area contributed by atoms with Gasteiger partial charge < -0.3 is 9.64 Å². The molecule has 5 nitrogen and oxygen atoms in total. The summed E-state index contributed by atoms with van der Waals surface area (Å²) in [6, 6.07) is 7.59. The average Bonchev–Trinajstić information content (AvgIpc) is 3.10. The summed E-state index contributed by atoms with van der Waals surface area (Å²) in [6.07, 6.45) is 5.26. The van der Waals surface area contributed by atoms with Crippen LogP contribution >= 0.6 is 0 Å². The number of fused-ring (bicyclic) bond motifs is 1. The lowest BCUT2D eigenvalue weighted by Crippen LogP contribution is -2.43. The number of hydrogen-bond donors (Lipinski definition) is 0. The average molecular weight is 367 g/mol. The van der Waals surface area contributed by atoms with Crippen molar-refractivity contribution in [3.8, 4) is 5.75 Å². The molecule has 0 saturated heterocycles. The van der Waals surface area contributed by atoms with Crippen molar-refractivity contribution in [2.75, 3.05) is 13.1 Å². The van der Waals surface area contributed by atoms with E-state index in [1.54, 1.807) is 39.9 Å². The van der Waals surface area contributed by atoms with Crippen LogP contribution in [0.5, 0.6) is 5.75 Å². The van der Waals surface area contributed by atoms with Crippen molar-refractivity contribution in [1.29, 1.82) is 0 Å². The fraction of sp³-hybridized carbons (Fsp3) is 0.238. The predicted molar refractivity (Wildman–Crippen MR) is 102 cm³/mol. The van der Waals surface area contributed by atoms with E-state index in [0.29, 0.717) is 30.2 Å². The molecule has 1 aromatic carbocycles. The van der Waals surface area contributed by atoms with Crippen LogP contribution in [0.2, 0.25) is 0 Å². The second kappa shape index (κ2) is 8.03. The van der Waals surface area contributed by atoms with E-state index >= 15 is 0 Å². The van der Waals surface area contributed by atoms with Crippen LogP contribution in [-0.4, -0.2) is 33.7 Å². The molecule has 0 bridgehead atoms. The number of ether oxygens (including phenoxy) is 1. The Hall–Kier alpha value is -3.15. The second-order valence-electron chi connectivity index (χ2n) is 6.42. The normalized spacial score (nSPS) is 16.8. The highest BCUT2D eigenvalue weighted by molar-refractivity contribution is 5.93. The van der Waals surface area contributed by atoms with Gasteiger partial charge in [0, 0.05) is 13.1 Å². The van der Waals surface area contributed by atoms with Crippen molar-refractivity contribution in [2.45, 2.75) is 19.6 Å². The molecule has 1 aliphatic heterocycles. The summed E-state index contributed by atoms with van der Waals surface area (Å²) in [5.41, 5.74) is 2.12. The zero-order valence-corrected chi connectivity index (χ0v) is 15.3. The molecule has 1 aromatic heterocycles. The summed E-state index contributed by atoms with van der Waals surface area (Å²) in [5.74, 6) is 0.155. The number of hydrogen-bond acceptors (Lipinski definition) is 3. The van der Waals surface area contributed by atoms with Crippen LogP contribution in [-0.2, 0) is 6.61 Å². The number of halogens is 1. The Morgan fingerprint density at radius 1 is 1.37 bits per heavy atom. The molecule has 0 spiro atoms. The molecule has 6 heteroatoms. The number of benzene rings is 1. The summed E-state index contributed by atoms with van der Waals surface area (Å²) in [6.45, 7) is 10.7. The first-order chi connectivity index (χ1) is 13.0. The van der Waals surface area contributed by atoms with Crippen LogP contribution in [0.1, 0.15) is 29.1 Å². The molecule has 0 N–H and O–H groups in total. The van der Waals surface area contributed by atoms with E-state index in [9.17, 15) is 9.18 Å². The Labute approximate surface area is 158 Å². The Morgan fingerprint density at radius 3 is 2.78 bits per heavy atom. The molecule has 140 valence electrons. The van der Waals surface area contributed by atoms with Gasteiger partial charge in [0.25, 0.3) is 5.91 Å². The van der Waals surface area contributed by atoms with Gasteiger partial charge in [-0.05, 0) is 42.8 Å². The van der Waals surface area contributed by atoms with Crippen molar-refractivity contribution >= 4 is 5.91 Å². The summed E-state index contributed by atoms with van der Waals surface area (Å²) < 4.78 is 20.3. The first kappa shape index (κ1) is 18.6. The topological polar surface area (TPSA) is 47.4 Å². The maximum Gasteiger partial charge on any atom is 0.272 e. The summed E-state index contributed by atoms with van der Waals surface area (Å²) in [4.78, 5) is 14.6. The molecular formula is C21H22FN3O2. The molecule has 3 rings (SSSR count). The van der Waals surface area contributed by atoms with Crippen molar-refractivity contribution in [2.24, 2.45) is 0 Å². The minimum absolute atomic E-state index is 0.0482. The van der Waals surface area contributed by atoms with E-state index in [1.165, 1.54) is 12.1 Å². The van der Waals surface area contributed by atoms with Gasteiger partial charge in [-0.15, -0.1) is 0 Å². The fourth-order valence-electron chi connectivity index (χ4n) is 3.03. The molecule has 1 aliphatic rings. The van der Waals surface area contributed by atoms with Crippen molar-refractivity contribution < 1.29 is 13.9 Å². The van der Waals surface area contributed by atoms with Crippen molar-refractivity contribution in [3.05, 3.63) is 84.5 Å². The van der Waals surface area contributed by atoms with E-state index in [2.05, 4.69) is 18.3 Å². The first-order valence-electron chi connectivity index (χ1n) is 8.72. The van der Waals surface area contributed by atoms with Gasteiger partial charge in [-0.25, -0.2) is 4.39 Å². The monoisotopic (exact) mass is 367 g/mol. The number of carbonyl (C=O) groups excluding carboxylic acids is 1. The van der Waals surface area contributed by atoms with Crippen LogP contribution in [0.3, 0.4) is 0 Å². The SMILES string of the molecule is C=C/C=C(\C=C)CN1CC(C)n2nc(COc3ccc(F)cc3)cc2C1=O. The maximum absolute atomic E-state index is 13.0. The standard InChI is InChI=1S/C21H22FN3O2/c1-4-6-16(5-2)13-24-12-15(3)25-20(21(24)26)11-18(23-25)14-27-19-9-7-17(22)8-10-19/h4-11,15H,1-2,12-14H2,3H3/b16-6+. The van der Waals surface area contributed by atoms with Gasteiger partial charge in [0.2, 0.25) is 0 Å². The third-order valence-electron chi connectivity index (χ3n) is 4.36. The fourth-order valence-corrected chi connectivity index (χ4v) is 3.03. The van der Waals surface area contributed by atoms with Gasteiger partial charge in [-0.1, -0.05) is 31.4 Å². The quantitative estimate of drug-likeness (QED) is 0.697. The zero-order valence-electron chi connectivity index (χ0n) is 15.3. The summed E-state index contributed by atoms with van der Waals surface area (Å²) in [5, 5.41) is 4.50. The lowest BCUT2D eigenvalue weighted by Gasteiger charge is -2.32. The van der Waals surface area contributed by atoms with Gasteiger partial charge in [0.1, 0.15) is 29.6 Å². The maximum atomic E-state index is 13.0. The molecular weight excluding hydrogens is 345 g/mol. The highest BCUT2D eigenvalue weighted by Crippen LogP contribution is 2.23. The van der Waals surface area contributed by atoms with Crippen molar-refractivity contribution in [3.63, 3.8) is 0 Å². The van der Waals surface area contributed by atoms with Crippen LogP contribution < -0.4 is 4.74 Å². The van der Waals surface area contributed by atoms with Crippen LogP contribution in [0.4, 0.5) is 4.39 Å². The Balaban J connectivity index is 1.74. The molecule has 2 aromatic rings. The lowest BCUT2D eigenvalue weighted by atomic mass is 10.1. The minimum Gasteiger partial charge on any atom is -0.487 e. The van der Waals surface area contributed by atoms with Crippen LogP contribution in [0, 0.1) is 5.82 Å². The van der Waals surface area contributed by atoms with E-state index in [4.69, 9.17) is 4.74 Å². The molecule has 0 fully saturated rings. The molecule has 1 amide bonds.